The molecule has 0 bridgehead atoms. The highest BCUT2D eigenvalue weighted by molar-refractivity contribution is 6.30. The van der Waals surface area contributed by atoms with Crippen LogP contribution in [0.1, 0.15) is 68.3 Å². The number of allylic oxidation sites excluding steroid dienone is 2. The Hall–Kier alpha value is -4.30. The molecule has 2 heterocycles. The summed E-state index contributed by atoms with van der Waals surface area (Å²) in [5.74, 6) is -1.28. The molecule has 1 saturated heterocycles. The first kappa shape index (κ1) is 32.2. The van der Waals surface area contributed by atoms with Crippen LogP contribution in [0.3, 0.4) is 0 Å². The maximum atomic E-state index is 13.9. The molecule has 1 aliphatic rings. The summed E-state index contributed by atoms with van der Waals surface area (Å²) < 4.78 is 19.5. The number of carbonyl (C=O) groups excluding carboxylic acids is 3. The lowest BCUT2D eigenvalue weighted by Gasteiger charge is -2.38. The maximum absolute atomic E-state index is 13.9. The van der Waals surface area contributed by atoms with Crippen molar-refractivity contribution in [2.45, 2.75) is 65.6 Å². The molecule has 1 fully saturated rings. The summed E-state index contributed by atoms with van der Waals surface area (Å²) in [4.78, 5) is 44.3. The second-order valence-corrected chi connectivity index (χ2v) is 11.0. The van der Waals surface area contributed by atoms with Crippen molar-refractivity contribution < 1.29 is 23.5 Å². The molecule has 42 heavy (non-hydrogen) atoms. The maximum Gasteiger partial charge on any atom is 0.270 e. The van der Waals surface area contributed by atoms with Crippen molar-refractivity contribution >= 4 is 35.4 Å². The number of nitriles is 1. The molecule has 10 nitrogen and oxygen atoms in total. The van der Waals surface area contributed by atoms with Gasteiger partial charge in [-0.2, -0.15) is 10.4 Å². The number of hydrogen-bond acceptors (Lipinski definition) is 8. The molecule has 1 aromatic heterocycles. The van der Waals surface area contributed by atoms with Crippen LogP contribution < -0.4 is 15.5 Å². The Labute approximate surface area is 249 Å². The number of nitrogens with one attached hydrogen (secondary N) is 2. The van der Waals surface area contributed by atoms with Gasteiger partial charge in [-0.1, -0.05) is 17.7 Å². The third kappa shape index (κ3) is 7.31. The molecule has 3 rings (SSSR count). The smallest absolute Gasteiger partial charge is 0.270 e. The lowest BCUT2D eigenvalue weighted by molar-refractivity contribution is -0.137. The van der Waals surface area contributed by atoms with Crippen LogP contribution in [0.5, 0.6) is 5.75 Å². The van der Waals surface area contributed by atoms with Crippen LogP contribution in [0.25, 0.3) is 0 Å². The summed E-state index contributed by atoms with van der Waals surface area (Å²) >= 11 is 6.04. The number of pyridine rings is 1. The van der Waals surface area contributed by atoms with E-state index in [4.69, 9.17) is 16.3 Å². The highest BCUT2D eigenvalue weighted by atomic mass is 35.5. The number of halogens is 2. The van der Waals surface area contributed by atoms with E-state index in [1.165, 1.54) is 30.3 Å². The normalized spacial score (nSPS) is 18.2. The number of hydrogen-bond donors (Lipinski definition) is 2. The van der Waals surface area contributed by atoms with Crippen molar-refractivity contribution in [2.24, 2.45) is 10.5 Å². The van der Waals surface area contributed by atoms with Crippen LogP contribution in [0, 0.1) is 29.5 Å². The molecular weight excluding hydrogens is 563 g/mol. The number of carbonyl (C=O) groups is 3. The van der Waals surface area contributed by atoms with Crippen LogP contribution in [-0.4, -0.2) is 52.8 Å². The van der Waals surface area contributed by atoms with Crippen LogP contribution in [0.15, 0.2) is 47.3 Å². The number of ether oxygens (including phenoxy) is 1. The number of rotatable bonds is 10. The van der Waals surface area contributed by atoms with Crippen molar-refractivity contribution in [3.63, 3.8) is 0 Å². The van der Waals surface area contributed by atoms with Gasteiger partial charge in [0.25, 0.3) is 5.91 Å². The minimum absolute atomic E-state index is 0.00489. The molecule has 2 aromatic rings. The van der Waals surface area contributed by atoms with Crippen LogP contribution in [-0.2, 0) is 9.59 Å². The zero-order valence-corrected chi connectivity index (χ0v) is 25.1. The van der Waals surface area contributed by atoms with Gasteiger partial charge in [-0.15, -0.1) is 0 Å². The Morgan fingerprint density at radius 1 is 1.31 bits per heavy atom. The minimum atomic E-state index is -0.969. The summed E-state index contributed by atoms with van der Waals surface area (Å²) in [5, 5.41) is 16.4. The van der Waals surface area contributed by atoms with Crippen molar-refractivity contribution in [3.05, 3.63) is 70.0 Å². The van der Waals surface area contributed by atoms with Gasteiger partial charge in [-0.25, -0.2) is 9.37 Å². The predicted molar refractivity (Wildman–Crippen MR) is 156 cm³/mol. The average molecular weight is 597 g/mol. The summed E-state index contributed by atoms with van der Waals surface area (Å²) in [6.07, 6.45) is 3.08. The summed E-state index contributed by atoms with van der Waals surface area (Å²) in [7, 11) is 1.63. The van der Waals surface area contributed by atoms with Gasteiger partial charge in [-0.05, 0) is 77.3 Å². The van der Waals surface area contributed by atoms with Gasteiger partial charge >= 0.3 is 0 Å². The number of likely N-dealkylation sites (tertiary alicyclic amines) is 1. The number of amides is 2. The molecule has 0 saturated carbocycles. The number of aryl methyl sites for hydroxylation is 1. The number of aromatic nitrogens is 1. The number of aldehydes is 1. The van der Waals surface area contributed by atoms with E-state index in [9.17, 15) is 24.0 Å². The predicted octanol–water partition coefficient (Wildman–Crippen LogP) is 4.64. The SMILES string of the molecule is CN/N=C(C)\C=C(/C=O)Oc1ccc(C(=O)N[C@H](C)C(=O)N2C(c3ccc(F)c(Cl)c3)CCC2C(C)(C)C#N)nc1C. The number of hydrazone groups is 1. The minimum Gasteiger partial charge on any atom is -0.452 e. The number of benzene rings is 1. The largest absolute Gasteiger partial charge is 0.452 e. The second-order valence-electron chi connectivity index (χ2n) is 10.6. The Kier molecular flexibility index (Phi) is 10.4. The standard InChI is InChI=1S/C30H34ClFN6O4/c1-17(37-34-6)13-21(15-39)42-26-11-9-24(35-18(26)2)28(40)36-19(3)29(41)38-25(10-12-27(38)30(4,5)16-33)20-7-8-23(32)22(31)14-20/h7-9,11,13-15,19,25,27,34H,10,12H2,1-6H3,(H,36,40)/b21-13+,37-17-/t19-,25?,27?/m1/s1. The molecule has 0 aliphatic carbocycles. The highest BCUT2D eigenvalue weighted by Gasteiger charge is 2.46. The average Bonchev–Trinajstić information content (AvgIpc) is 3.40. The van der Waals surface area contributed by atoms with Crippen molar-refractivity contribution in [2.75, 3.05) is 7.05 Å². The van der Waals surface area contributed by atoms with Gasteiger partial charge in [0.2, 0.25) is 5.91 Å². The molecule has 222 valence electrons. The quantitative estimate of drug-likeness (QED) is 0.134. The Morgan fingerprint density at radius 2 is 2.02 bits per heavy atom. The zero-order valence-electron chi connectivity index (χ0n) is 24.4. The van der Waals surface area contributed by atoms with E-state index in [0.717, 1.165) is 0 Å². The first-order valence-corrected chi connectivity index (χ1v) is 13.7. The van der Waals surface area contributed by atoms with Crippen molar-refractivity contribution in [1.29, 1.82) is 5.26 Å². The van der Waals surface area contributed by atoms with Gasteiger partial charge in [0.15, 0.2) is 12.0 Å². The second kappa shape index (κ2) is 13.6. The van der Waals surface area contributed by atoms with E-state index in [-0.39, 0.29) is 22.2 Å². The summed E-state index contributed by atoms with van der Waals surface area (Å²) in [6, 6.07) is 7.67. The van der Waals surface area contributed by atoms with Gasteiger partial charge < -0.3 is 20.4 Å². The Morgan fingerprint density at radius 3 is 2.62 bits per heavy atom. The third-order valence-corrected chi connectivity index (χ3v) is 7.35. The van der Waals surface area contributed by atoms with Gasteiger partial charge in [-0.3, -0.25) is 14.4 Å². The van der Waals surface area contributed by atoms with Crippen molar-refractivity contribution in [3.8, 4) is 11.8 Å². The fraction of sp³-hybridized carbons (Fsp3) is 0.400. The Balaban J connectivity index is 1.82. The van der Waals surface area contributed by atoms with E-state index in [0.29, 0.717) is 36.1 Å². The molecule has 0 radical (unpaired) electrons. The first-order valence-electron chi connectivity index (χ1n) is 13.4. The lowest BCUT2D eigenvalue weighted by atomic mass is 9.84. The molecule has 2 N–H and O–H groups in total. The molecule has 1 aliphatic heterocycles. The van der Waals surface area contributed by atoms with Crippen LogP contribution >= 0.6 is 11.6 Å². The van der Waals surface area contributed by atoms with Crippen LogP contribution in [0.2, 0.25) is 5.02 Å². The molecule has 2 amide bonds. The Bertz CT molecular complexity index is 1470. The fourth-order valence-corrected chi connectivity index (χ4v) is 5.10. The summed E-state index contributed by atoms with van der Waals surface area (Å²) in [6.45, 7) is 8.39. The topological polar surface area (TPSA) is 137 Å². The van der Waals surface area contributed by atoms with Gasteiger partial charge in [0.05, 0.1) is 40.0 Å². The highest BCUT2D eigenvalue weighted by Crippen LogP contribution is 2.44. The van der Waals surface area contributed by atoms with Crippen LogP contribution in [0.4, 0.5) is 4.39 Å². The first-order chi connectivity index (χ1) is 19.8. The lowest BCUT2D eigenvalue weighted by Crippen LogP contribution is -2.52. The third-order valence-electron chi connectivity index (χ3n) is 7.06. The molecule has 2 unspecified atom stereocenters. The van der Waals surface area contributed by atoms with E-state index < -0.39 is 41.2 Å². The molecule has 0 spiro atoms. The van der Waals surface area contributed by atoms with E-state index in [1.807, 2.05) is 0 Å². The molecule has 12 heteroatoms. The molecular formula is C30H34ClFN6O4. The zero-order chi connectivity index (χ0) is 31.2. The fourth-order valence-electron chi connectivity index (χ4n) is 4.92. The van der Waals surface area contributed by atoms with Gasteiger partial charge in [0, 0.05) is 13.1 Å². The van der Waals surface area contributed by atoms with Gasteiger partial charge in [0.1, 0.15) is 23.3 Å². The number of nitrogens with zero attached hydrogens (tertiary/aromatic N) is 4. The van der Waals surface area contributed by atoms with E-state index in [1.54, 1.807) is 52.6 Å². The molecule has 1 aromatic carbocycles. The monoisotopic (exact) mass is 596 g/mol. The van der Waals surface area contributed by atoms with E-state index >= 15 is 0 Å². The van der Waals surface area contributed by atoms with Crippen molar-refractivity contribution in [1.82, 2.24) is 20.6 Å². The summed E-state index contributed by atoms with van der Waals surface area (Å²) in [5.41, 5.74) is 3.29. The van der Waals surface area contributed by atoms with E-state index in [2.05, 4.69) is 26.9 Å². The molecule has 3 atom stereocenters.